The summed E-state index contributed by atoms with van der Waals surface area (Å²) in [5, 5.41) is 0. The molecule has 3 heterocycles. The number of anilines is 1. The van der Waals surface area contributed by atoms with Crippen molar-refractivity contribution < 1.29 is 22.7 Å². The third-order valence-corrected chi connectivity index (χ3v) is 8.26. The Kier molecular flexibility index (Phi) is 6.13. The van der Waals surface area contributed by atoms with Gasteiger partial charge >= 0.3 is 0 Å². The van der Waals surface area contributed by atoms with Gasteiger partial charge in [-0.05, 0) is 48.9 Å². The molecule has 2 saturated heterocycles. The fraction of sp³-hybridized carbons (Fsp3) is 0.619. The first kappa shape index (κ1) is 21.3. The molecular weight excluding hydrogens is 406 g/mol. The SMILES string of the molecule is CC(=O)N1CCc2cc(S(=O)(=O)N3CCC(CC(=O)N4CCOCC4)CC3)ccc21. The Hall–Kier alpha value is -1.97. The number of hydrogen-bond donors (Lipinski definition) is 0. The molecule has 0 N–H and O–H groups in total. The Morgan fingerprint density at radius 1 is 1.07 bits per heavy atom. The lowest BCUT2D eigenvalue weighted by Gasteiger charge is -2.33. The standard InChI is InChI=1S/C21H29N3O5S/c1-16(25)24-9-6-18-15-19(2-3-20(18)24)30(27,28)23-7-4-17(5-8-23)14-21(26)22-10-12-29-13-11-22/h2-3,15,17H,4-14H2,1H3. The summed E-state index contributed by atoms with van der Waals surface area (Å²) < 4.78 is 33.1. The van der Waals surface area contributed by atoms with Crippen LogP contribution in [0.25, 0.3) is 0 Å². The van der Waals surface area contributed by atoms with Crippen LogP contribution in [0.1, 0.15) is 31.7 Å². The Balaban J connectivity index is 1.37. The highest BCUT2D eigenvalue weighted by Gasteiger charge is 2.32. The van der Waals surface area contributed by atoms with E-state index in [-0.39, 0.29) is 22.6 Å². The predicted molar refractivity (Wildman–Crippen MR) is 112 cm³/mol. The molecular formula is C21H29N3O5S. The van der Waals surface area contributed by atoms with Crippen LogP contribution in [-0.4, -0.2) is 75.4 Å². The van der Waals surface area contributed by atoms with Crippen LogP contribution in [0, 0.1) is 5.92 Å². The Labute approximate surface area is 177 Å². The van der Waals surface area contributed by atoms with E-state index in [0.717, 1.165) is 11.3 Å². The van der Waals surface area contributed by atoms with Crippen LogP contribution in [0.3, 0.4) is 0 Å². The third-order valence-electron chi connectivity index (χ3n) is 6.36. The fourth-order valence-electron chi connectivity index (χ4n) is 4.56. The molecule has 0 radical (unpaired) electrons. The van der Waals surface area contributed by atoms with Gasteiger partial charge in [0.2, 0.25) is 21.8 Å². The van der Waals surface area contributed by atoms with Crippen molar-refractivity contribution >= 4 is 27.5 Å². The van der Waals surface area contributed by atoms with E-state index in [1.807, 2.05) is 4.90 Å². The number of fused-ring (bicyclic) bond motifs is 1. The average Bonchev–Trinajstić information content (AvgIpc) is 3.18. The van der Waals surface area contributed by atoms with Crippen LogP contribution in [0.2, 0.25) is 0 Å². The second-order valence-electron chi connectivity index (χ2n) is 8.26. The van der Waals surface area contributed by atoms with Gasteiger partial charge in [0.25, 0.3) is 0 Å². The molecule has 30 heavy (non-hydrogen) atoms. The molecule has 1 aromatic carbocycles. The monoisotopic (exact) mass is 435 g/mol. The highest BCUT2D eigenvalue weighted by atomic mass is 32.2. The molecule has 0 unspecified atom stereocenters. The summed E-state index contributed by atoms with van der Waals surface area (Å²) >= 11 is 0. The molecule has 0 aliphatic carbocycles. The van der Waals surface area contributed by atoms with Crippen molar-refractivity contribution in [1.29, 1.82) is 0 Å². The van der Waals surface area contributed by atoms with E-state index in [9.17, 15) is 18.0 Å². The van der Waals surface area contributed by atoms with Gasteiger partial charge in [0.05, 0.1) is 18.1 Å². The number of carbonyl (C=O) groups is 2. The smallest absolute Gasteiger partial charge is 0.243 e. The van der Waals surface area contributed by atoms with Crippen LogP contribution in [0.4, 0.5) is 5.69 Å². The minimum atomic E-state index is -3.58. The number of piperidine rings is 1. The molecule has 0 saturated carbocycles. The van der Waals surface area contributed by atoms with E-state index in [2.05, 4.69) is 0 Å². The van der Waals surface area contributed by atoms with Crippen molar-refractivity contribution in [2.24, 2.45) is 5.92 Å². The molecule has 9 heteroatoms. The second-order valence-corrected chi connectivity index (χ2v) is 10.2. The zero-order valence-corrected chi connectivity index (χ0v) is 18.2. The minimum Gasteiger partial charge on any atom is -0.378 e. The minimum absolute atomic E-state index is 0.0296. The van der Waals surface area contributed by atoms with Gasteiger partial charge in [0.1, 0.15) is 0 Å². The molecule has 3 aliphatic rings. The van der Waals surface area contributed by atoms with Crippen molar-refractivity contribution in [3.05, 3.63) is 23.8 Å². The van der Waals surface area contributed by atoms with Gasteiger partial charge in [0, 0.05) is 51.8 Å². The normalized spacial score (nSPS) is 21.0. The lowest BCUT2D eigenvalue weighted by atomic mass is 9.94. The highest BCUT2D eigenvalue weighted by Crippen LogP contribution is 2.32. The van der Waals surface area contributed by atoms with Gasteiger partial charge in [-0.15, -0.1) is 0 Å². The summed E-state index contributed by atoms with van der Waals surface area (Å²) in [4.78, 5) is 28.0. The zero-order valence-electron chi connectivity index (χ0n) is 17.4. The quantitative estimate of drug-likeness (QED) is 0.710. The van der Waals surface area contributed by atoms with Crippen molar-refractivity contribution in [3.63, 3.8) is 0 Å². The van der Waals surface area contributed by atoms with Crippen LogP contribution >= 0.6 is 0 Å². The van der Waals surface area contributed by atoms with E-state index >= 15 is 0 Å². The number of sulfonamides is 1. The van der Waals surface area contributed by atoms with Gasteiger partial charge in [-0.1, -0.05) is 0 Å². The summed E-state index contributed by atoms with van der Waals surface area (Å²) in [5.74, 6) is 0.335. The number of morpholine rings is 1. The Morgan fingerprint density at radius 3 is 2.43 bits per heavy atom. The fourth-order valence-corrected chi connectivity index (χ4v) is 6.08. The molecule has 164 valence electrons. The summed E-state index contributed by atoms with van der Waals surface area (Å²) in [7, 11) is -3.58. The van der Waals surface area contributed by atoms with E-state index in [0.29, 0.717) is 71.6 Å². The van der Waals surface area contributed by atoms with Gasteiger partial charge in [-0.2, -0.15) is 4.31 Å². The van der Waals surface area contributed by atoms with E-state index in [4.69, 9.17) is 4.74 Å². The predicted octanol–water partition coefficient (Wildman–Crippen LogP) is 1.25. The topological polar surface area (TPSA) is 87.2 Å². The van der Waals surface area contributed by atoms with Crippen LogP contribution in [0.15, 0.2) is 23.1 Å². The number of amides is 2. The molecule has 1 aromatic rings. The van der Waals surface area contributed by atoms with Gasteiger partial charge in [0.15, 0.2) is 0 Å². The van der Waals surface area contributed by atoms with Crippen molar-refractivity contribution in [1.82, 2.24) is 9.21 Å². The van der Waals surface area contributed by atoms with Gasteiger partial charge < -0.3 is 14.5 Å². The molecule has 0 bridgehead atoms. The molecule has 0 aromatic heterocycles. The number of benzene rings is 1. The molecule has 2 fully saturated rings. The lowest BCUT2D eigenvalue weighted by Crippen LogP contribution is -2.43. The molecule has 0 spiro atoms. The first-order valence-electron chi connectivity index (χ1n) is 10.6. The maximum atomic E-state index is 13.1. The number of rotatable bonds is 4. The Morgan fingerprint density at radius 2 is 1.77 bits per heavy atom. The summed E-state index contributed by atoms with van der Waals surface area (Å²) in [6.45, 7) is 5.45. The van der Waals surface area contributed by atoms with Gasteiger partial charge in [-0.3, -0.25) is 9.59 Å². The molecule has 3 aliphatic heterocycles. The number of nitrogens with zero attached hydrogens (tertiary/aromatic N) is 3. The van der Waals surface area contributed by atoms with Crippen molar-refractivity contribution in [3.8, 4) is 0 Å². The maximum absolute atomic E-state index is 13.1. The largest absolute Gasteiger partial charge is 0.378 e. The zero-order chi connectivity index (χ0) is 21.3. The van der Waals surface area contributed by atoms with Gasteiger partial charge in [-0.25, -0.2) is 8.42 Å². The number of hydrogen-bond acceptors (Lipinski definition) is 5. The van der Waals surface area contributed by atoms with Crippen LogP contribution < -0.4 is 4.90 Å². The summed E-state index contributed by atoms with van der Waals surface area (Å²) in [6, 6.07) is 5.05. The first-order valence-corrected chi connectivity index (χ1v) is 12.1. The molecule has 4 rings (SSSR count). The van der Waals surface area contributed by atoms with Crippen molar-refractivity contribution in [2.75, 3.05) is 50.8 Å². The van der Waals surface area contributed by atoms with Crippen LogP contribution in [0.5, 0.6) is 0 Å². The highest BCUT2D eigenvalue weighted by molar-refractivity contribution is 7.89. The number of carbonyl (C=O) groups excluding carboxylic acids is 2. The van der Waals surface area contributed by atoms with Crippen molar-refractivity contribution in [2.45, 2.75) is 37.5 Å². The second kappa shape index (κ2) is 8.64. The average molecular weight is 436 g/mol. The lowest BCUT2D eigenvalue weighted by molar-refractivity contribution is -0.136. The number of ether oxygens (including phenoxy) is 1. The van der Waals surface area contributed by atoms with E-state index in [1.54, 1.807) is 23.1 Å². The molecule has 8 nitrogen and oxygen atoms in total. The van der Waals surface area contributed by atoms with Crippen LogP contribution in [-0.2, 0) is 30.8 Å². The summed E-state index contributed by atoms with van der Waals surface area (Å²) in [6.07, 6.45) is 2.54. The molecule has 0 atom stereocenters. The summed E-state index contributed by atoms with van der Waals surface area (Å²) in [5.41, 5.74) is 1.71. The first-order chi connectivity index (χ1) is 14.4. The molecule has 2 amide bonds. The Bertz CT molecular complexity index is 919. The van der Waals surface area contributed by atoms with E-state index in [1.165, 1.54) is 11.2 Å². The maximum Gasteiger partial charge on any atom is 0.243 e. The third kappa shape index (κ3) is 4.24. The van der Waals surface area contributed by atoms with E-state index < -0.39 is 10.0 Å².